The lowest BCUT2D eigenvalue weighted by atomic mass is 10.2. The molecule has 1 N–H and O–H groups in total. The van der Waals surface area contributed by atoms with Crippen LogP contribution in [0.15, 0.2) is 53.1 Å². The monoisotopic (exact) mass is 387 g/mol. The molecule has 3 rings (SSSR count). The zero-order valence-corrected chi connectivity index (χ0v) is 14.9. The Hall–Kier alpha value is -2.18. The van der Waals surface area contributed by atoms with Gasteiger partial charge >= 0.3 is 0 Å². The fourth-order valence-electron chi connectivity index (χ4n) is 2.72. The van der Waals surface area contributed by atoms with Gasteiger partial charge in [-0.15, -0.1) is 0 Å². The zero-order chi connectivity index (χ0) is 17.1. The molecule has 0 aliphatic rings. The molecule has 1 aromatic carbocycles. The lowest BCUT2D eigenvalue weighted by Crippen LogP contribution is -2.34. The van der Waals surface area contributed by atoms with E-state index >= 15 is 0 Å². The first-order valence-electron chi connectivity index (χ1n) is 7.68. The van der Waals surface area contributed by atoms with E-state index in [2.05, 4.69) is 20.9 Å². The van der Waals surface area contributed by atoms with E-state index in [1.807, 2.05) is 55.6 Å². The second-order valence-electron chi connectivity index (χ2n) is 5.56. The Kier molecular flexibility index (Phi) is 4.97. The van der Waals surface area contributed by atoms with E-state index in [0.717, 1.165) is 15.7 Å². The van der Waals surface area contributed by atoms with E-state index in [-0.39, 0.29) is 19.1 Å². The van der Waals surface area contributed by atoms with Gasteiger partial charge in [-0.05, 0) is 40.5 Å². The number of carbonyl (C=O) groups excluding carboxylic acids is 1. The number of benzene rings is 1. The van der Waals surface area contributed by atoms with Gasteiger partial charge in [0.05, 0.1) is 12.3 Å². The predicted molar refractivity (Wildman–Crippen MR) is 95.9 cm³/mol. The summed E-state index contributed by atoms with van der Waals surface area (Å²) in [6.07, 6.45) is 1.84. The number of hydrogen-bond donors (Lipinski definition) is 1. The molecule has 0 fully saturated rings. The number of aliphatic hydroxyl groups excluding tert-OH is 1. The molecular weight excluding hydrogens is 370 g/mol. The van der Waals surface area contributed by atoms with Crippen LogP contribution in [0.4, 0.5) is 0 Å². The Labute approximate surface area is 148 Å². The molecule has 5 nitrogen and oxygen atoms in total. The van der Waals surface area contributed by atoms with Crippen molar-refractivity contribution in [2.45, 2.75) is 13.5 Å². The summed E-state index contributed by atoms with van der Waals surface area (Å²) >= 11 is 3.43. The fourth-order valence-corrected chi connectivity index (χ4v) is 3.06. The molecule has 0 radical (unpaired) electrons. The molecule has 0 bridgehead atoms. The van der Waals surface area contributed by atoms with Crippen molar-refractivity contribution in [2.75, 3.05) is 13.2 Å². The fraction of sp³-hybridized carbons (Fsp3) is 0.222. The molecule has 0 saturated carbocycles. The minimum atomic E-state index is -0.143. The van der Waals surface area contributed by atoms with Crippen molar-refractivity contribution in [1.29, 1.82) is 0 Å². The molecule has 0 unspecified atom stereocenters. The van der Waals surface area contributed by atoms with Crippen LogP contribution >= 0.6 is 15.9 Å². The molecule has 124 valence electrons. The second-order valence-corrected chi connectivity index (χ2v) is 6.47. The van der Waals surface area contributed by atoms with Crippen molar-refractivity contribution < 1.29 is 9.90 Å². The highest BCUT2D eigenvalue weighted by molar-refractivity contribution is 9.10. The summed E-state index contributed by atoms with van der Waals surface area (Å²) in [5.41, 5.74) is 2.94. The minimum absolute atomic E-state index is 0.0853. The number of aryl methyl sites for hydroxylation is 1. The summed E-state index contributed by atoms with van der Waals surface area (Å²) in [6, 6.07) is 13.5. The van der Waals surface area contributed by atoms with Crippen LogP contribution in [0.1, 0.15) is 21.7 Å². The maximum atomic E-state index is 13.1. The van der Waals surface area contributed by atoms with E-state index in [1.165, 1.54) is 0 Å². The number of carbonyl (C=O) groups is 1. The summed E-state index contributed by atoms with van der Waals surface area (Å²) < 4.78 is 2.66. The largest absolute Gasteiger partial charge is 0.395 e. The van der Waals surface area contributed by atoms with Crippen molar-refractivity contribution in [1.82, 2.24) is 14.3 Å². The number of halogens is 1. The number of amides is 1. The molecule has 0 aliphatic carbocycles. The molecule has 1 amide bonds. The van der Waals surface area contributed by atoms with Crippen LogP contribution in [-0.2, 0) is 6.54 Å². The Morgan fingerprint density at radius 2 is 2.00 bits per heavy atom. The standard InChI is InChI=1S/C18H18BrN3O2/c1-13-17(22-12-15(19)7-8-16(22)20-13)18(24)21(9-10-23)11-14-5-3-2-4-6-14/h2-8,12,23H,9-11H2,1H3. The summed E-state index contributed by atoms with van der Waals surface area (Å²) in [7, 11) is 0. The highest BCUT2D eigenvalue weighted by atomic mass is 79.9. The first kappa shape index (κ1) is 16.7. The molecule has 3 aromatic rings. The van der Waals surface area contributed by atoms with Crippen molar-refractivity contribution in [3.05, 3.63) is 70.1 Å². The Balaban J connectivity index is 1.98. The molecular formula is C18H18BrN3O2. The quantitative estimate of drug-likeness (QED) is 0.731. The summed E-state index contributed by atoms with van der Waals surface area (Å²) in [6.45, 7) is 2.46. The van der Waals surface area contributed by atoms with E-state index < -0.39 is 0 Å². The maximum absolute atomic E-state index is 13.1. The predicted octanol–water partition coefficient (Wildman–Crippen LogP) is 3.04. The smallest absolute Gasteiger partial charge is 0.273 e. The van der Waals surface area contributed by atoms with Gasteiger partial charge in [0.1, 0.15) is 11.3 Å². The van der Waals surface area contributed by atoms with Gasteiger partial charge in [-0.3, -0.25) is 9.20 Å². The summed E-state index contributed by atoms with van der Waals surface area (Å²) in [4.78, 5) is 19.2. The third-order valence-electron chi connectivity index (χ3n) is 3.83. The normalized spacial score (nSPS) is 11.0. The van der Waals surface area contributed by atoms with Crippen molar-refractivity contribution in [3.63, 3.8) is 0 Å². The molecule has 6 heteroatoms. The van der Waals surface area contributed by atoms with E-state index in [4.69, 9.17) is 0 Å². The van der Waals surface area contributed by atoms with Crippen molar-refractivity contribution in [3.8, 4) is 0 Å². The zero-order valence-electron chi connectivity index (χ0n) is 13.3. The average molecular weight is 388 g/mol. The molecule has 2 aromatic heterocycles. The molecule has 0 spiro atoms. The van der Waals surface area contributed by atoms with Gasteiger partial charge in [-0.1, -0.05) is 30.3 Å². The Bertz CT molecular complexity index is 861. The third kappa shape index (κ3) is 3.34. The lowest BCUT2D eigenvalue weighted by Gasteiger charge is -2.22. The number of fused-ring (bicyclic) bond motifs is 1. The lowest BCUT2D eigenvalue weighted by molar-refractivity contribution is 0.0700. The molecule has 0 atom stereocenters. The highest BCUT2D eigenvalue weighted by Crippen LogP contribution is 2.19. The van der Waals surface area contributed by atoms with E-state index in [1.54, 1.807) is 9.30 Å². The van der Waals surface area contributed by atoms with E-state index in [0.29, 0.717) is 17.9 Å². The third-order valence-corrected chi connectivity index (χ3v) is 4.30. The van der Waals surface area contributed by atoms with Gasteiger partial charge in [-0.2, -0.15) is 0 Å². The maximum Gasteiger partial charge on any atom is 0.273 e. The Morgan fingerprint density at radius 1 is 1.25 bits per heavy atom. The molecule has 0 aliphatic heterocycles. The number of aromatic nitrogens is 2. The van der Waals surface area contributed by atoms with Crippen LogP contribution in [0.3, 0.4) is 0 Å². The molecule has 24 heavy (non-hydrogen) atoms. The molecule has 0 saturated heterocycles. The van der Waals surface area contributed by atoms with E-state index in [9.17, 15) is 9.90 Å². The van der Waals surface area contributed by atoms with Crippen LogP contribution in [0, 0.1) is 6.92 Å². The van der Waals surface area contributed by atoms with Crippen LogP contribution in [-0.4, -0.2) is 38.4 Å². The minimum Gasteiger partial charge on any atom is -0.395 e. The number of hydrogen-bond acceptors (Lipinski definition) is 3. The molecule has 2 heterocycles. The number of imidazole rings is 1. The Morgan fingerprint density at radius 3 is 2.71 bits per heavy atom. The van der Waals surface area contributed by atoms with Gasteiger partial charge in [-0.25, -0.2) is 4.98 Å². The van der Waals surface area contributed by atoms with Crippen molar-refractivity contribution >= 4 is 27.5 Å². The SMILES string of the molecule is Cc1nc2ccc(Br)cn2c1C(=O)N(CCO)Cc1ccccc1. The summed E-state index contributed by atoms with van der Waals surface area (Å²) in [5, 5.41) is 9.36. The van der Waals surface area contributed by atoms with Crippen LogP contribution in [0.5, 0.6) is 0 Å². The van der Waals surface area contributed by atoms with Gasteiger partial charge in [0.15, 0.2) is 0 Å². The number of rotatable bonds is 5. The number of pyridine rings is 1. The van der Waals surface area contributed by atoms with Gasteiger partial charge in [0.2, 0.25) is 0 Å². The first-order chi connectivity index (χ1) is 11.6. The highest BCUT2D eigenvalue weighted by Gasteiger charge is 2.22. The van der Waals surface area contributed by atoms with Gasteiger partial charge in [0, 0.05) is 23.8 Å². The second kappa shape index (κ2) is 7.15. The first-order valence-corrected chi connectivity index (χ1v) is 8.47. The van der Waals surface area contributed by atoms with Crippen LogP contribution in [0.25, 0.3) is 5.65 Å². The average Bonchev–Trinajstić information content (AvgIpc) is 2.90. The van der Waals surface area contributed by atoms with Crippen LogP contribution in [0.2, 0.25) is 0 Å². The van der Waals surface area contributed by atoms with Gasteiger partial charge < -0.3 is 10.0 Å². The van der Waals surface area contributed by atoms with Crippen molar-refractivity contribution in [2.24, 2.45) is 0 Å². The number of aliphatic hydroxyl groups is 1. The number of nitrogens with zero attached hydrogens (tertiary/aromatic N) is 3. The van der Waals surface area contributed by atoms with Crippen LogP contribution < -0.4 is 0 Å². The summed E-state index contributed by atoms with van der Waals surface area (Å²) in [5.74, 6) is -0.143. The topological polar surface area (TPSA) is 57.8 Å². The van der Waals surface area contributed by atoms with Gasteiger partial charge in [0.25, 0.3) is 5.91 Å².